The predicted molar refractivity (Wildman–Crippen MR) is 91.1 cm³/mol. The van der Waals surface area contributed by atoms with Crippen molar-refractivity contribution in [2.45, 2.75) is 17.9 Å². The lowest BCUT2D eigenvalue weighted by Crippen LogP contribution is -2.72. The molecule has 3 N–H and O–H groups in total. The van der Waals surface area contributed by atoms with Crippen LogP contribution in [0.4, 0.5) is 22.4 Å². The fraction of sp³-hybridized carbons (Fsp3) is 0.222. The number of Topliss-reactive ketones (excluding diaryl/α,β-unsaturated/α-hetero) is 1. The number of hydrogen-bond acceptors (Lipinski definition) is 3. The molecule has 2 aromatic carbocycles. The highest BCUT2D eigenvalue weighted by Crippen LogP contribution is 2.44. The van der Waals surface area contributed by atoms with Crippen molar-refractivity contribution in [3.63, 3.8) is 0 Å². The number of rotatable bonds is 3. The van der Waals surface area contributed by atoms with Crippen LogP contribution in [0.1, 0.15) is 22.0 Å². The third-order valence-corrected chi connectivity index (χ3v) is 4.70. The van der Waals surface area contributed by atoms with Crippen LogP contribution in [0.25, 0.3) is 0 Å². The van der Waals surface area contributed by atoms with Gasteiger partial charge in [0.2, 0.25) is 5.72 Å². The minimum atomic E-state index is -5.37. The topological polar surface area (TPSA) is 78.4 Å². The monoisotopic (exact) mass is 416 g/mol. The van der Waals surface area contributed by atoms with Gasteiger partial charge in [0, 0.05) is 10.6 Å². The number of benzene rings is 2. The Morgan fingerprint density at radius 3 is 2.18 bits per heavy atom. The highest BCUT2D eigenvalue weighted by Gasteiger charge is 2.66. The van der Waals surface area contributed by atoms with Crippen molar-refractivity contribution in [2.24, 2.45) is 5.92 Å². The number of carbonyl (C=O) groups is 2. The zero-order valence-corrected chi connectivity index (χ0v) is 14.7. The molecular formula is C18H13ClF4N2O3. The van der Waals surface area contributed by atoms with Gasteiger partial charge in [-0.05, 0) is 42.0 Å². The number of alkyl halides is 3. The van der Waals surface area contributed by atoms with Crippen molar-refractivity contribution in [1.82, 2.24) is 10.6 Å². The first kappa shape index (κ1) is 20.1. The van der Waals surface area contributed by atoms with Gasteiger partial charge in [-0.2, -0.15) is 13.2 Å². The van der Waals surface area contributed by atoms with E-state index in [0.29, 0.717) is 0 Å². The van der Waals surface area contributed by atoms with E-state index >= 15 is 0 Å². The highest BCUT2D eigenvalue weighted by atomic mass is 35.5. The first-order valence-corrected chi connectivity index (χ1v) is 8.34. The predicted octanol–water partition coefficient (Wildman–Crippen LogP) is 3.58. The summed E-state index contributed by atoms with van der Waals surface area (Å²) in [7, 11) is 0. The molecule has 10 heteroatoms. The lowest BCUT2D eigenvalue weighted by Gasteiger charge is -2.45. The lowest BCUT2D eigenvalue weighted by molar-refractivity contribution is -0.287. The van der Waals surface area contributed by atoms with Crippen LogP contribution in [-0.4, -0.2) is 28.8 Å². The Hall–Kier alpha value is -2.65. The zero-order valence-electron chi connectivity index (χ0n) is 13.9. The van der Waals surface area contributed by atoms with Gasteiger partial charge in [-0.15, -0.1) is 0 Å². The van der Waals surface area contributed by atoms with E-state index in [1.54, 1.807) is 0 Å². The van der Waals surface area contributed by atoms with Crippen LogP contribution in [-0.2, 0) is 0 Å². The summed E-state index contributed by atoms with van der Waals surface area (Å²) in [5, 5.41) is 14.3. The van der Waals surface area contributed by atoms with Crippen molar-refractivity contribution in [1.29, 1.82) is 0 Å². The average molecular weight is 417 g/mol. The Morgan fingerprint density at radius 2 is 1.64 bits per heavy atom. The van der Waals surface area contributed by atoms with E-state index in [0.717, 1.165) is 24.3 Å². The van der Waals surface area contributed by atoms with Crippen LogP contribution >= 0.6 is 11.6 Å². The minimum Gasteiger partial charge on any atom is -0.363 e. The summed E-state index contributed by atoms with van der Waals surface area (Å²) in [6.45, 7) is 0. The second kappa shape index (κ2) is 7.06. The van der Waals surface area contributed by atoms with E-state index in [1.165, 1.54) is 29.6 Å². The molecule has 0 radical (unpaired) electrons. The zero-order chi connectivity index (χ0) is 20.7. The fourth-order valence-electron chi connectivity index (χ4n) is 3.08. The van der Waals surface area contributed by atoms with Crippen molar-refractivity contribution < 1.29 is 32.3 Å². The van der Waals surface area contributed by atoms with Crippen LogP contribution in [0, 0.1) is 11.7 Å². The Labute approximate surface area is 161 Å². The summed E-state index contributed by atoms with van der Waals surface area (Å²) in [5.41, 5.74) is -3.97. The largest absolute Gasteiger partial charge is 0.437 e. The number of halogens is 5. The molecule has 0 aliphatic carbocycles. The van der Waals surface area contributed by atoms with E-state index in [9.17, 15) is 32.3 Å². The summed E-state index contributed by atoms with van der Waals surface area (Å²) in [4.78, 5) is 24.8. The second-order valence-corrected chi connectivity index (χ2v) is 6.68. The molecule has 0 bridgehead atoms. The molecular weight excluding hydrogens is 404 g/mol. The van der Waals surface area contributed by atoms with Gasteiger partial charge in [-0.3, -0.25) is 4.79 Å². The van der Waals surface area contributed by atoms with Gasteiger partial charge in [0.25, 0.3) is 0 Å². The normalized spacial score (nSPS) is 25.0. The summed E-state index contributed by atoms with van der Waals surface area (Å²) < 4.78 is 54.4. The van der Waals surface area contributed by atoms with Crippen molar-refractivity contribution in [2.75, 3.05) is 0 Å². The maximum atomic E-state index is 13.7. The number of hydrogen-bond donors (Lipinski definition) is 3. The van der Waals surface area contributed by atoms with Gasteiger partial charge < -0.3 is 15.7 Å². The molecule has 0 spiro atoms. The van der Waals surface area contributed by atoms with Crippen LogP contribution in [0.3, 0.4) is 0 Å². The van der Waals surface area contributed by atoms with Gasteiger partial charge in [0.15, 0.2) is 5.78 Å². The van der Waals surface area contributed by atoms with E-state index in [4.69, 9.17) is 11.6 Å². The van der Waals surface area contributed by atoms with Crippen LogP contribution in [0.5, 0.6) is 0 Å². The maximum absolute atomic E-state index is 13.7. The van der Waals surface area contributed by atoms with Crippen molar-refractivity contribution in [3.05, 3.63) is 70.5 Å². The standard InChI is InChI=1S/C18H13ClF4N2O3/c19-11-5-1-10(2-6-11)15(26)13-14(9-3-7-12(20)8-4-9)24-16(27)25-17(13,28)18(21,22)23/h1-8,13-14,28H,(H2,24,25,27)/t13-,14+,17+/m1/s1. The van der Waals surface area contributed by atoms with Crippen molar-refractivity contribution in [3.8, 4) is 0 Å². The third kappa shape index (κ3) is 3.55. The Morgan fingerprint density at radius 1 is 1.07 bits per heavy atom. The Bertz CT molecular complexity index is 903. The summed E-state index contributed by atoms with van der Waals surface area (Å²) in [6, 6.07) is 6.35. The van der Waals surface area contributed by atoms with Gasteiger partial charge in [-0.1, -0.05) is 23.7 Å². The van der Waals surface area contributed by atoms with E-state index < -0.39 is 41.5 Å². The molecule has 1 heterocycles. The first-order valence-electron chi connectivity index (χ1n) is 7.96. The molecule has 5 nitrogen and oxygen atoms in total. The molecule has 0 unspecified atom stereocenters. The third-order valence-electron chi connectivity index (χ3n) is 4.45. The van der Waals surface area contributed by atoms with Gasteiger partial charge in [0.05, 0.1) is 6.04 Å². The number of amides is 2. The molecule has 3 atom stereocenters. The Balaban J connectivity index is 2.15. The minimum absolute atomic E-state index is 0.0197. The number of nitrogens with one attached hydrogen (secondary N) is 2. The highest BCUT2D eigenvalue weighted by molar-refractivity contribution is 6.30. The van der Waals surface area contributed by atoms with Crippen LogP contribution in [0.2, 0.25) is 5.02 Å². The summed E-state index contributed by atoms with van der Waals surface area (Å²) in [5.74, 6) is -3.93. The molecule has 28 heavy (non-hydrogen) atoms. The molecule has 0 saturated carbocycles. The van der Waals surface area contributed by atoms with Gasteiger partial charge in [-0.25, -0.2) is 9.18 Å². The summed E-state index contributed by atoms with van der Waals surface area (Å²) >= 11 is 5.74. The first-order chi connectivity index (χ1) is 13.0. The molecule has 2 aromatic rings. The second-order valence-electron chi connectivity index (χ2n) is 6.24. The molecule has 1 saturated heterocycles. The molecule has 0 aromatic heterocycles. The molecule has 148 valence electrons. The smallest absolute Gasteiger partial charge is 0.363 e. The number of ketones is 1. The fourth-order valence-corrected chi connectivity index (χ4v) is 3.21. The van der Waals surface area contributed by atoms with Crippen LogP contribution < -0.4 is 10.6 Å². The molecule has 2 amide bonds. The maximum Gasteiger partial charge on any atom is 0.437 e. The van der Waals surface area contributed by atoms with Crippen LogP contribution in [0.15, 0.2) is 48.5 Å². The number of aliphatic hydroxyl groups is 1. The average Bonchev–Trinajstić information content (AvgIpc) is 2.61. The number of urea groups is 1. The molecule has 3 rings (SSSR count). The van der Waals surface area contributed by atoms with Crippen molar-refractivity contribution >= 4 is 23.4 Å². The van der Waals surface area contributed by atoms with E-state index in [1.807, 2.05) is 0 Å². The summed E-state index contributed by atoms with van der Waals surface area (Å²) in [6.07, 6.45) is -5.37. The number of carbonyl (C=O) groups excluding carboxylic acids is 2. The van der Waals surface area contributed by atoms with Gasteiger partial charge >= 0.3 is 12.2 Å². The van der Waals surface area contributed by atoms with E-state index in [2.05, 4.69) is 5.32 Å². The SMILES string of the molecule is O=C1N[C@@H](c2ccc(F)cc2)[C@H](C(=O)c2ccc(Cl)cc2)[C@](O)(C(F)(F)F)N1. The van der Waals surface area contributed by atoms with Gasteiger partial charge in [0.1, 0.15) is 11.7 Å². The molecule has 1 aliphatic rings. The molecule has 1 aliphatic heterocycles. The quantitative estimate of drug-likeness (QED) is 0.528. The lowest BCUT2D eigenvalue weighted by atomic mass is 9.77. The van der Waals surface area contributed by atoms with E-state index in [-0.39, 0.29) is 16.1 Å². The Kier molecular flexibility index (Phi) is 5.07. The molecule has 1 fully saturated rings.